The molecule has 30 heavy (non-hydrogen) atoms. The Morgan fingerprint density at radius 1 is 1.20 bits per heavy atom. The SMILES string of the molecule is CCC1=C(C(=O)OC)[C@@H](c2ccccc2)n2c(s/c(=C\c3ccc(F)cc3)c2=O)=N1. The van der Waals surface area contributed by atoms with Crippen LogP contribution in [0.5, 0.6) is 0 Å². The smallest absolute Gasteiger partial charge is 0.338 e. The number of nitrogens with zero attached hydrogens (tertiary/aromatic N) is 2. The number of aromatic nitrogens is 1. The minimum absolute atomic E-state index is 0.256. The van der Waals surface area contributed by atoms with E-state index in [0.29, 0.717) is 32.6 Å². The van der Waals surface area contributed by atoms with Gasteiger partial charge in [-0.05, 0) is 35.8 Å². The second-order valence-corrected chi connectivity index (χ2v) is 7.76. The van der Waals surface area contributed by atoms with Crippen LogP contribution in [0.3, 0.4) is 0 Å². The quantitative estimate of drug-likeness (QED) is 0.608. The largest absolute Gasteiger partial charge is 0.466 e. The second-order valence-electron chi connectivity index (χ2n) is 6.75. The summed E-state index contributed by atoms with van der Waals surface area (Å²) >= 11 is 1.25. The van der Waals surface area contributed by atoms with Gasteiger partial charge in [-0.1, -0.05) is 60.7 Å². The van der Waals surface area contributed by atoms with Crippen molar-refractivity contribution in [3.8, 4) is 0 Å². The zero-order valence-electron chi connectivity index (χ0n) is 16.5. The van der Waals surface area contributed by atoms with Crippen molar-refractivity contribution in [2.24, 2.45) is 4.99 Å². The summed E-state index contributed by atoms with van der Waals surface area (Å²) in [5, 5.41) is 0. The molecule has 0 aliphatic carbocycles. The topological polar surface area (TPSA) is 60.7 Å². The first-order chi connectivity index (χ1) is 14.5. The van der Waals surface area contributed by atoms with E-state index in [2.05, 4.69) is 4.99 Å². The Morgan fingerprint density at radius 3 is 2.53 bits per heavy atom. The molecular weight excluding hydrogens is 403 g/mol. The number of methoxy groups -OCH3 is 1. The Kier molecular flexibility index (Phi) is 5.46. The van der Waals surface area contributed by atoms with Gasteiger partial charge in [0.25, 0.3) is 5.56 Å². The Bertz CT molecular complexity index is 1310. The Morgan fingerprint density at radius 2 is 1.90 bits per heavy atom. The average Bonchev–Trinajstić information content (AvgIpc) is 3.08. The van der Waals surface area contributed by atoms with Crippen LogP contribution < -0.4 is 14.9 Å². The molecule has 0 bridgehead atoms. The van der Waals surface area contributed by atoms with Crippen LogP contribution in [-0.2, 0) is 9.53 Å². The molecular formula is C23H19FN2O3S. The molecule has 1 aliphatic heterocycles. The first kappa shape index (κ1) is 20.0. The van der Waals surface area contributed by atoms with E-state index in [1.54, 1.807) is 22.8 Å². The fourth-order valence-corrected chi connectivity index (χ4v) is 4.55. The number of thiazole rings is 1. The van der Waals surface area contributed by atoms with Crippen LogP contribution in [0.1, 0.15) is 30.5 Å². The molecule has 1 aliphatic rings. The molecule has 2 heterocycles. The highest BCUT2D eigenvalue weighted by Gasteiger charge is 2.33. The van der Waals surface area contributed by atoms with Gasteiger partial charge in [0, 0.05) is 0 Å². The Hall–Kier alpha value is -3.32. The first-order valence-corrected chi connectivity index (χ1v) is 10.3. The molecule has 0 amide bonds. The van der Waals surface area contributed by atoms with E-state index < -0.39 is 12.0 Å². The number of carbonyl (C=O) groups is 1. The van der Waals surface area contributed by atoms with Crippen LogP contribution in [0.25, 0.3) is 6.08 Å². The molecule has 0 saturated carbocycles. The van der Waals surface area contributed by atoms with Gasteiger partial charge >= 0.3 is 5.97 Å². The van der Waals surface area contributed by atoms with Gasteiger partial charge in [-0.3, -0.25) is 9.36 Å². The summed E-state index contributed by atoms with van der Waals surface area (Å²) in [4.78, 5) is 31.2. The Labute approximate surface area is 176 Å². The highest BCUT2D eigenvalue weighted by atomic mass is 32.1. The zero-order chi connectivity index (χ0) is 21.3. The van der Waals surface area contributed by atoms with Gasteiger partial charge in [0.2, 0.25) is 0 Å². The molecule has 0 spiro atoms. The number of rotatable bonds is 4. The summed E-state index contributed by atoms with van der Waals surface area (Å²) in [5.74, 6) is -0.842. The van der Waals surface area contributed by atoms with E-state index in [9.17, 15) is 14.0 Å². The highest BCUT2D eigenvalue weighted by molar-refractivity contribution is 7.07. The van der Waals surface area contributed by atoms with Crippen molar-refractivity contribution < 1.29 is 13.9 Å². The Balaban J connectivity index is 1.99. The lowest BCUT2D eigenvalue weighted by Gasteiger charge is -2.25. The van der Waals surface area contributed by atoms with Crippen LogP contribution >= 0.6 is 11.3 Å². The standard InChI is InChI=1S/C23H19FN2O3S/c1-3-17-19(22(28)29-2)20(15-7-5-4-6-8-15)26-21(27)18(30-23(26)25-17)13-14-9-11-16(24)12-10-14/h4-13,20H,3H2,1-2H3/b18-13-/t20-/m1/s1. The van der Waals surface area contributed by atoms with Crippen molar-refractivity contribution in [3.63, 3.8) is 0 Å². The van der Waals surface area contributed by atoms with Crippen LogP contribution in [0.4, 0.5) is 4.39 Å². The van der Waals surface area contributed by atoms with E-state index in [1.807, 2.05) is 37.3 Å². The molecule has 0 unspecified atom stereocenters. The fraction of sp³-hybridized carbons (Fsp3) is 0.174. The summed E-state index contributed by atoms with van der Waals surface area (Å²) in [7, 11) is 1.32. The summed E-state index contributed by atoms with van der Waals surface area (Å²) in [6.45, 7) is 1.91. The molecule has 1 atom stereocenters. The summed E-state index contributed by atoms with van der Waals surface area (Å²) in [5.41, 5.74) is 2.22. The predicted molar refractivity (Wildman–Crippen MR) is 113 cm³/mol. The molecule has 1 aromatic heterocycles. The van der Waals surface area contributed by atoms with Crippen LogP contribution in [-0.4, -0.2) is 17.6 Å². The molecule has 5 nitrogen and oxygen atoms in total. The third-order valence-corrected chi connectivity index (χ3v) is 5.92. The molecule has 0 saturated heterocycles. The van der Waals surface area contributed by atoms with E-state index in [-0.39, 0.29) is 11.4 Å². The lowest BCUT2D eigenvalue weighted by Crippen LogP contribution is -2.40. The van der Waals surface area contributed by atoms with Gasteiger partial charge in [0.05, 0.1) is 29.0 Å². The number of carbonyl (C=O) groups excluding carboxylic acids is 1. The third-order valence-electron chi connectivity index (χ3n) is 4.93. The molecule has 7 heteroatoms. The van der Waals surface area contributed by atoms with E-state index in [1.165, 1.54) is 30.6 Å². The molecule has 0 radical (unpaired) electrons. The van der Waals surface area contributed by atoms with Crippen LogP contribution in [0, 0.1) is 5.82 Å². The molecule has 152 valence electrons. The van der Waals surface area contributed by atoms with Gasteiger partial charge in [0.1, 0.15) is 5.82 Å². The predicted octanol–water partition coefficient (Wildman–Crippen LogP) is 2.94. The molecule has 0 fully saturated rings. The van der Waals surface area contributed by atoms with Gasteiger partial charge in [-0.15, -0.1) is 0 Å². The number of fused-ring (bicyclic) bond motifs is 1. The lowest BCUT2D eigenvalue weighted by atomic mass is 9.95. The van der Waals surface area contributed by atoms with E-state index in [4.69, 9.17) is 4.74 Å². The first-order valence-electron chi connectivity index (χ1n) is 9.47. The van der Waals surface area contributed by atoms with Crippen LogP contribution in [0.15, 0.2) is 75.7 Å². The maximum absolute atomic E-state index is 13.4. The van der Waals surface area contributed by atoms with E-state index >= 15 is 0 Å². The number of hydrogen-bond donors (Lipinski definition) is 0. The number of benzene rings is 2. The minimum Gasteiger partial charge on any atom is -0.466 e. The van der Waals surface area contributed by atoms with Gasteiger partial charge in [-0.2, -0.15) is 0 Å². The fourth-order valence-electron chi connectivity index (χ4n) is 3.53. The van der Waals surface area contributed by atoms with Crippen LogP contribution in [0.2, 0.25) is 0 Å². The third kappa shape index (κ3) is 3.52. The van der Waals surface area contributed by atoms with Crippen molar-refractivity contribution in [1.82, 2.24) is 4.57 Å². The van der Waals surface area contributed by atoms with Crippen molar-refractivity contribution in [2.45, 2.75) is 19.4 Å². The van der Waals surface area contributed by atoms with Crippen molar-refractivity contribution in [3.05, 3.63) is 102 Å². The minimum atomic E-state index is -0.625. The summed E-state index contributed by atoms with van der Waals surface area (Å²) < 4.78 is 20.3. The molecule has 3 aromatic rings. The second kappa shape index (κ2) is 8.20. The van der Waals surface area contributed by atoms with Gasteiger partial charge < -0.3 is 4.74 Å². The number of allylic oxidation sites excluding steroid dienone is 1. The maximum Gasteiger partial charge on any atom is 0.338 e. The lowest BCUT2D eigenvalue weighted by molar-refractivity contribution is -0.136. The average molecular weight is 422 g/mol. The van der Waals surface area contributed by atoms with E-state index in [0.717, 1.165) is 5.56 Å². The molecule has 0 N–H and O–H groups in total. The van der Waals surface area contributed by atoms with Gasteiger partial charge in [-0.25, -0.2) is 14.2 Å². The summed E-state index contributed by atoms with van der Waals surface area (Å²) in [6, 6.07) is 14.7. The van der Waals surface area contributed by atoms with Crippen molar-refractivity contribution >= 4 is 23.4 Å². The monoisotopic (exact) mass is 422 g/mol. The van der Waals surface area contributed by atoms with Crippen molar-refractivity contribution in [2.75, 3.05) is 7.11 Å². The number of ether oxygens (including phenoxy) is 1. The van der Waals surface area contributed by atoms with Gasteiger partial charge in [0.15, 0.2) is 4.80 Å². The number of halogens is 1. The number of hydrogen-bond acceptors (Lipinski definition) is 5. The molecule has 4 rings (SSSR count). The zero-order valence-corrected chi connectivity index (χ0v) is 17.3. The summed E-state index contributed by atoms with van der Waals surface area (Å²) in [6.07, 6.45) is 2.23. The number of esters is 1. The molecule has 2 aromatic carbocycles. The highest BCUT2D eigenvalue weighted by Crippen LogP contribution is 2.31. The maximum atomic E-state index is 13.4. The van der Waals surface area contributed by atoms with Crippen molar-refractivity contribution in [1.29, 1.82) is 0 Å². The normalized spacial score (nSPS) is 16.2.